The molecule has 0 aliphatic carbocycles. The third-order valence-electron chi connectivity index (χ3n) is 4.36. The van der Waals surface area contributed by atoms with Crippen LogP contribution in [-0.2, 0) is 9.47 Å². The van der Waals surface area contributed by atoms with E-state index < -0.39 is 0 Å². The topological polar surface area (TPSA) is 44.5 Å². The molecule has 104 valence electrons. The molecule has 0 amide bonds. The molecule has 2 fully saturated rings. The molecule has 1 spiro atoms. The van der Waals surface area contributed by atoms with E-state index in [1.54, 1.807) is 12.1 Å². The molecule has 0 aromatic heterocycles. The molecule has 3 nitrogen and oxygen atoms in total. The van der Waals surface area contributed by atoms with Crippen molar-refractivity contribution in [1.29, 1.82) is 0 Å². The predicted molar refractivity (Wildman–Crippen MR) is 70.2 cm³/mol. The van der Waals surface area contributed by atoms with Crippen LogP contribution in [-0.4, -0.2) is 25.4 Å². The van der Waals surface area contributed by atoms with Gasteiger partial charge in [0.2, 0.25) is 0 Å². The fourth-order valence-electron chi connectivity index (χ4n) is 3.19. The number of hydrogen-bond acceptors (Lipinski definition) is 3. The van der Waals surface area contributed by atoms with Crippen molar-refractivity contribution >= 4 is 0 Å². The minimum absolute atomic E-state index is 0.0537. The zero-order valence-corrected chi connectivity index (χ0v) is 11.0. The molecule has 19 heavy (non-hydrogen) atoms. The highest BCUT2D eigenvalue weighted by Crippen LogP contribution is 2.40. The molecular weight excluding hydrogens is 245 g/mol. The molecule has 3 rings (SSSR count). The summed E-state index contributed by atoms with van der Waals surface area (Å²) in [5.74, 6) is 0.157. The molecule has 2 aliphatic heterocycles. The van der Waals surface area contributed by atoms with Gasteiger partial charge in [-0.3, -0.25) is 0 Å². The molecule has 0 saturated carbocycles. The Bertz CT molecular complexity index is 428. The third kappa shape index (κ3) is 2.66. The standard InChI is InChI=1S/C15H20FNO2/c16-13-3-1-11(2-4-13)14(17)12-5-7-19-15(9-12)6-8-18-10-15/h1-4,12,14H,5-10,17H2. The molecule has 2 heterocycles. The second kappa shape index (κ2) is 5.19. The molecule has 3 atom stereocenters. The van der Waals surface area contributed by atoms with Crippen molar-refractivity contribution < 1.29 is 13.9 Å². The second-order valence-corrected chi connectivity index (χ2v) is 5.66. The van der Waals surface area contributed by atoms with Crippen LogP contribution < -0.4 is 5.73 Å². The summed E-state index contributed by atoms with van der Waals surface area (Å²) in [6.45, 7) is 2.20. The zero-order chi connectivity index (χ0) is 13.3. The van der Waals surface area contributed by atoms with E-state index in [0.717, 1.165) is 38.0 Å². The molecule has 4 heteroatoms. The van der Waals surface area contributed by atoms with E-state index >= 15 is 0 Å². The van der Waals surface area contributed by atoms with Crippen molar-refractivity contribution in [3.8, 4) is 0 Å². The fourth-order valence-corrected chi connectivity index (χ4v) is 3.19. The van der Waals surface area contributed by atoms with Gasteiger partial charge < -0.3 is 15.2 Å². The zero-order valence-electron chi connectivity index (χ0n) is 11.0. The van der Waals surface area contributed by atoms with Crippen molar-refractivity contribution in [2.24, 2.45) is 11.7 Å². The first kappa shape index (κ1) is 13.0. The Kier molecular flexibility index (Phi) is 3.56. The van der Waals surface area contributed by atoms with Crippen LogP contribution >= 0.6 is 0 Å². The third-order valence-corrected chi connectivity index (χ3v) is 4.36. The Morgan fingerprint density at radius 3 is 2.74 bits per heavy atom. The van der Waals surface area contributed by atoms with Gasteiger partial charge in [0.1, 0.15) is 5.82 Å². The molecule has 2 aliphatic rings. The van der Waals surface area contributed by atoms with Gasteiger partial charge in [0.05, 0.1) is 12.2 Å². The van der Waals surface area contributed by atoms with Crippen LogP contribution in [0.3, 0.4) is 0 Å². The first-order chi connectivity index (χ1) is 9.19. The summed E-state index contributed by atoms with van der Waals surface area (Å²) in [5, 5.41) is 0. The second-order valence-electron chi connectivity index (χ2n) is 5.66. The van der Waals surface area contributed by atoms with Crippen LogP contribution in [0, 0.1) is 11.7 Å². The Morgan fingerprint density at radius 2 is 2.05 bits per heavy atom. The highest BCUT2D eigenvalue weighted by atomic mass is 19.1. The summed E-state index contributed by atoms with van der Waals surface area (Å²) in [6.07, 6.45) is 2.85. The molecule has 3 unspecified atom stereocenters. The molecule has 0 bridgehead atoms. The molecule has 2 saturated heterocycles. The van der Waals surface area contributed by atoms with Gasteiger partial charge in [0.15, 0.2) is 0 Å². The lowest BCUT2D eigenvalue weighted by Gasteiger charge is -2.39. The molecular formula is C15H20FNO2. The van der Waals surface area contributed by atoms with Crippen molar-refractivity contribution in [2.75, 3.05) is 19.8 Å². The van der Waals surface area contributed by atoms with Crippen molar-refractivity contribution in [3.63, 3.8) is 0 Å². The molecule has 2 N–H and O–H groups in total. The Hall–Kier alpha value is -0.970. The van der Waals surface area contributed by atoms with Crippen LogP contribution in [0.15, 0.2) is 24.3 Å². The van der Waals surface area contributed by atoms with Gasteiger partial charge >= 0.3 is 0 Å². The van der Waals surface area contributed by atoms with E-state index in [1.165, 1.54) is 12.1 Å². The van der Waals surface area contributed by atoms with Gasteiger partial charge in [-0.2, -0.15) is 0 Å². The van der Waals surface area contributed by atoms with E-state index in [0.29, 0.717) is 12.5 Å². The quantitative estimate of drug-likeness (QED) is 0.893. The van der Waals surface area contributed by atoms with Crippen LogP contribution in [0.25, 0.3) is 0 Å². The largest absolute Gasteiger partial charge is 0.378 e. The van der Waals surface area contributed by atoms with Crippen molar-refractivity contribution in [3.05, 3.63) is 35.6 Å². The average Bonchev–Trinajstić information content (AvgIpc) is 2.87. The summed E-state index contributed by atoms with van der Waals surface area (Å²) >= 11 is 0. The minimum atomic E-state index is -0.219. The smallest absolute Gasteiger partial charge is 0.123 e. The molecule has 1 aromatic carbocycles. The van der Waals surface area contributed by atoms with E-state index in [-0.39, 0.29) is 17.5 Å². The first-order valence-electron chi connectivity index (χ1n) is 6.91. The maximum atomic E-state index is 13.0. The monoisotopic (exact) mass is 265 g/mol. The minimum Gasteiger partial charge on any atom is -0.378 e. The predicted octanol–water partition coefficient (Wildman–Crippen LogP) is 2.41. The number of ether oxygens (including phenoxy) is 2. The lowest BCUT2D eigenvalue weighted by atomic mass is 9.79. The Labute approximate surface area is 112 Å². The van der Waals surface area contributed by atoms with E-state index in [2.05, 4.69) is 0 Å². The SMILES string of the molecule is NC(c1ccc(F)cc1)C1CCOC2(CCOC2)C1. The normalized spacial score (nSPS) is 32.6. The van der Waals surface area contributed by atoms with Crippen LogP contribution in [0.5, 0.6) is 0 Å². The maximum absolute atomic E-state index is 13.0. The summed E-state index contributed by atoms with van der Waals surface area (Å²) in [4.78, 5) is 0. The number of nitrogens with two attached hydrogens (primary N) is 1. The maximum Gasteiger partial charge on any atom is 0.123 e. The molecule has 0 radical (unpaired) electrons. The number of rotatable bonds is 2. The number of hydrogen-bond donors (Lipinski definition) is 1. The highest BCUT2D eigenvalue weighted by Gasteiger charge is 2.42. The van der Waals surface area contributed by atoms with Gasteiger partial charge in [0.25, 0.3) is 0 Å². The van der Waals surface area contributed by atoms with Crippen LogP contribution in [0.1, 0.15) is 30.9 Å². The summed E-state index contributed by atoms with van der Waals surface area (Å²) < 4.78 is 24.3. The molecule has 1 aromatic rings. The number of benzene rings is 1. The summed E-state index contributed by atoms with van der Waals surface area (Å²) in [5.41, 5.74) is 7.23. The van der Waals surface area contributed by atoms with Gasteiger partial charge in [-0.05, 0) is 36.5 Å². The Balaban J connectivity index is 1.72. The summed E-state index contributed by atoms with van der Waals surface area (Å²) in [6, 6.07) is 6.47. The van der Waals surface area contributed by atoms with E-state index in [9.17, 15) is 4.39 Å². The van der Waals surface area contributed by atoms with Crippen molar-refractivity contribution in [1.82, 2.24) is 0 Å². The Morgan fingerprint density at radius 1 is 1.26 bits per heavy atom. The fraction of sp³-hybridized carbons (Fsp3) is 0.600. The highest BCUT2D eigenvalue weighted by molar-refractivity contribution is 5.20. The lowest BCUT2D eigenvalue weighted by Crippen LogP contribution is -2.43. The van der Waals surface area contributed by atoms with Crippen LogP contribution in [0.4, 0.5) is 4.39 Å². The number of halogens is 1. The lowest BCUT2D eigenvalue weighted by molar-refractivity contribution is -0.101. The van der Waals surface area contributed by atoms with Gasteiger partial charge in [-0.1, -0.05) is 12.1 Å². The van der Waals surface area contributed by atoms with Gasteiger partial charge in [-0.15, -0.1) is 0 Å². The van der Waals surface area contributed by atoms with E-state index in [1.807, 2.05) is 0 Å². The van der Waals surface area contributed by atoms with Gasteiger partial charge in [0, 0.05) is 25.7 Å². The summed E-state index contributed by atoms with van der Waals surface area (Å²) in [7, 11) is 0. The van der Waals surface area contributed by atoms with Gasteiger partial charge in [-0.25, -0.2) is 4.39 Å². The van der Waals surface area contributed by atoms with Crippen LogP contribution in [0.2, 0.25) is 0 Å². The van der Waals surface area contributed by atoms with Crippen molar-refractivity contribution in [2.45, 2.75) is 30.9 Å². The first-order valence-corrected chi connectivity index (χ1v) is 6.91. The van der Waals surface area contributed by atoms with E-state index in [4.69, 9.17) is 15.2 Å². The average molecular weight is 265 g/mol.